The number of nitrogens with one attached hydrogen (secondary N) is 1. The molecule has 0 aliphatic carbocycles. The first-order valence-corrected chi connectivity index (χ1v) is 8.36. The van der Waals surface area contributed by atoms with Crippen molar-refractivity contribution in [3.8, 4) is 0 Å². The molecular formula is C16H24N4O3. The van der Waals surface area contributed by atoms with Crippen LogP contribution in [0.5, 0.6) is 0 Å². The molecule has 2 fully saturated rings. The van der Waals surface area contributed by atoms with Crippen LogP contribution in [0.15, 0.2) is 17.2 Å². The van der Waals surface area contributed by atoms with Crippen molar-refractivity contribution >= 4 is 5.91 Å². The predicted octanol–water partition coefficient (Wildman–Crippen LogP) is 0.0257. The normalized spacial score (nSPS) is 22.4. The minimum absolute atomic E-state index is 0.0207. The summed E-state index contributed by atoms with van der Waals surface area (Å²) in [6, 6.07) is 1.51. The largest absolute Gasteiger partial charge is 0.375 e. The number of aromatic amines is 1. The number of ether oxygens (including phenoxy) is 1. The van der Waals surface area contributed by atoms with Gasteiger partial charge in [-0.1, -0.05) is 0 Å². The van der Waals surface area contributed by atoms with Crippen LogP contribution < -0.4 is 5.56 Å². The predicted molar refractivity (Wildman–Crippen MR) is 85.2 cm³/mol. The zero-order chi connectivity index (χ0) is 16.1. The van der Waals surface area contributed by atoms with E-state index < -0.39 is 0 Å². The van der Waals surface area contributed by atoms with Crippen LogP contribution in [-0.2, 0) is 16.0 Å². The van der Waals surface area contributed by atoms with Gasteiger partial charge in [0.05, 0.1) is 25.6 Å². The van der Waals surface area contributed by atoms with Crippen LogP contribution in [0.2, 0.25) is 0 Å². The molecule has 1 amide bonds. The van der Waals surface area contributed by atoms with Crippen molar-refractivity contribution in [3.05, 3.63) is 28.4 Å². The molecule has 1 atom stereocenters. The van der Waals surface area contributed by atoms with E-state index in [4.69, 9.17) is 4.74 Å². The Hall–Kier alpha value is -1.73. The third-order valence-electron chi connectivity index (χ3n) is 4.51. The van der Waals surface area contributed by atoms with Gasteiger partial charge in [-0.3, -0.25) is 14.5 Å². The monoisotopic (exact) mass is 320 g/mol. The molecule has 3 heterocycles. The van der Waals surface area contributed by atoms with Crippen LogP contribution in [0, 0.1) is 0 Å². The van der Waals surface area contributed by atoms with Gasteiger partial charge in [0.25, 0.3) is 5.56 Å². The zero-order valence-corrected chi connectivity index (χ0v) is 13.4. The number of likely N-dealkylation sites (tertiary alicyclic amines) is 1. The molecule has 0 bridgehead atoms. The number of rotatable bonds is 5. The fourth-order valence-corrected chi connectivity index (χ4v) is 3.21. The highest BCUT2D eigenvalue weighted by molar-refractivity contribution is 5.78. The molecular weight excluding hydrogens is 296 g/mol. The Morgan fingerprint density at radius 1 is 1.35 bits per heavy atom. The summed E-state index contributed by atoms with van der Waals surface area (Å²) in [5.41, 5.74) is 0.625. The Labute approximate surface area is 135 Å². The molecule has 2 aliphatic rings. The third-order valence-corrected chi connectivity index (χ3v) is 4.51. The number of H-pyrrole nitrogens is 1. The van der Waals surface area contributed by atoms with Gasteiger partial charge in [0.2, 0.25) is 5.91 Å². The summed E-state index contributed by atoms with van der Waals surface area (Å²) in [7, 11) is 0. The van der Waals surface area contributed by atoms with Crippen molar-refractivity contribution < 1.29 is 9.53 Å². The van der Waals surface area contributed by atoms with E-state index in [0.717, 1.165) is 25.2 Å². The van der Waals surface area contributed by atoms with Gasteiger partial charge < -0.3 is 14.6 Å². The molecule has 7 nitrogen and oxygen atoms in total. The van der Waals surface area contributed by atoms with Gasteiger partial charge in [-0.2, -0.15) is 0 Å². The summed E-state index contributed by atoms with van der Waals surface area (Å²) in [5, 5.41) is 0. The number of hydrogen-bond donors (Lipinski definition) is 1. The number of hydrogen-bond acceptors (Lipinski definition) is 5. The average Bonchev–Trinajstić information content (AvgIpc) is 3.06. The number of amides is 1. The lowest BCUT2D eigenvalue weighted by Crippen LogP contribution is -2.48. The SMILES string of the molecule is O=C(CN1CCCC1)N1CCO[C@@H](CCc2cc(=O)[nH]cn2)C1. The summed E-state index contributed by atoms with van der Waals surface area (Å²) >= 11 is 0. The number of aryl methyl sites for hydroxylation is 1. The van der Waals surface area contributed by atoms with Gasteiger partial charge in [-0.05, 0) is 38.8 Å². The molecule has 1 N–H and O–H groups in total. The lowest BCUT2D eigenvalue weighted by atomic mass is 10.1. The highest BCUT2D eigenvalue weighted by Gasteiger charge is 2.26. The van der Waals surface area contributed by atoms with Gasteiger partial charge in [0, 0.05) is 24.8 Å². The maximum absolute atomic E-state index is 12.4. The number of carbonyl (C=O) groups is 1. The fourth-order valence-electron chi connectivity index (χ4n) is 3.21. The maximum Gasteiger partial charge on any atom is 0.250 e. The van der Waals surface area contributed by atoms with E-state index in [1.807, 2.05) is 4.90 Å². The van der Waals surface area contributed by atoms with Crippen molar-refractivity contribution in [2.45, 2.75) is 31.8 Å². The Kier molecular flexibility index (Phi) is 5.40. The van der Waals surface area contributed by atoms with E-state index in [-0.39, 0.29) is 17.6 Å². The maximum atomic E-state index is 12.4. The summed E-state index contributed by atoms with van der Waals surface area (Å²) in [5.74, 6) is 0.203. The quantitative estimate of drug-likeness (QED) is 0.828. The lowest BCUT2D eigenvalue weighted by Gasteiger charge is -2.34. The van der Waals surface area contributed by atoms with Crippen LogP contribution in [0.1, 0.15) is 25.0 Å². The van der Waals surface area contributed by atoms with Gasteiger partial charge in [-0.15, -0.1) is 0 Å². The Morgan fingerprint density at radius 3 is 2.96 bits per heavy atom. The molecule has 0 spiro atoms. The van der Waals surface area contributed by atoms with Crippen molar-refractivity contribution in [1.82, 2.24) is 19.8 Å². The van der Waals surface area contributed by atoms with E-state index in [1.54, 1.807) is 0 Å². The second-order valence-electron chi connectivity index (χ2n) is 6.26. The average molecular weight is 320 g/mol. The van der Waals surface area contributed by atoms with Crippen molar-refractivity contribution in [2.24, 2.45) is 0 Å². The van der Waals surface area contributed by atoms with Gasteiger partial charge in [0.15, 0.2) is 0 Å². The molecule has 2 saturated heterocycles. The molecule has 0 radical (unpaired) electrons. The highest BCUT2D eigenvalue weighted by Crippen LogP contribution is 2.13. The summed E-state index contributed by atoms with van der Waals surface area (Å²) in [6.07, 6.45) is 5.29. The Balaban J connectivity index is 1.47. The number of aromatic nitrogens is 2. The number of carbonyl (C=O) groups excluding carboxylic acids is 1. The summed E-state index contributed by atoms with van der Waals surface area (Å²) in [4.78, 5) is 34.5. The zero-order valence-electron chi connectivity index (χ0n) is 13.4. The minimum atomic E-state index is -0.137. The first-order valence-electron chi connectivity index (χ1n) is 8.36. The first-order chi connectivity index (χ1) is 11.2. The first kappa shape index (κ1) is 16.1. The molecule has 126 valence electrons. The van der Waals surface area contributed by atoms with E-state index in [9.17, 15) is 9.59 Å². The molecule has 0 unspecified atom stereocenters. The second kappa shape index (κ2) is 7.70. The Morgan fingerprint density at radius 2 is 2.17 bits per heavy atom. The Bertz CT molecular complexity index is 583. The molecule has 23 heavy (non-hydrogen) atoms. The summed E-state index contributed by atoms with van der Waals surface area (Å²) in [6.45, 7) is 4.49. The minimum Gasteiger partial charge on any atom is -0.375 e. The lowest BCUT2D eigenvalue weighted by molar-refractivity contribution is -0.139. The number of nitrogens with zero attached hydrogens (tertiary/aromatic N) is 3. The molecule has 0 aromatic carbocycles. The van der Waals surface area contributed by atoms with Crippen molar-refractivity contribution in [3.63, 3.8) is 0 Å². The van der Waals surface area contributed by atoms with E-state index in [2.05, 4.69) is 14.9 Å². The van der Waals surface area contributed by atoms with Crippen molar-refractivity contribution in [2.75, 3.05) is 39.3 Å². The fraction of sp³-hybridized carbons (Fsp3) is 0.688. The molecule has 7 heteroatoms. The van der Waals surface area contributed by atoms with Crippen LogP contribution in [0.25, 0.3) is 0 Å². The van der Waals surface area contributed by atoms with Gasteiger partial charge >= 0.3 is 0 Å². The topological polar surface area (TPSA) is 78.5 Å². The van der Waals surface area contributed by atoms with E-state index >= 15 is 0 Å². The molecule has 1 aromatic heterocycles. The summed E-state index contributed by atoms with van der Waals surface area (Å²) < 4.78 is 5.76. The molecule has 1 aromatic rings. The van der Waals surface area contributed by atoms with Gasteiger partial charge in [0.1, 0.15) is 0 Å². The smallest absolute Gasteiger partial charge is 0.250 e. The molecule has 2 aliphatic heterocycles. The highest BCUT2D eigenvalue weighted by atomic mass is 16.5. The van der Waals surface area contributed by atoms with Crippen LogP contribution >= 0.6 is 0 Å². The molecule has 0 saturated carbocycles. The van der Waals surface area contributed by atoms with Crippen LogP contribution in [0.3, 0.4) is 0 Å². The molecule has 3 rings (SSSR count). The van der Waals surface area contributed by atoms with Crippen LogP contribution in [-0.4, -0.2) is 71.1 Å². The van der Waals surface area contributed by atoms with Gasteiger partial charge in [-0.25, -0.2) is 4.98 Å². The van der Waals surface area contributed by atoms with E-state index in [1.165, 1.54) is 25.2 Å². The van der Waals surface area contributed by atoms with Crippen molar-refractivity contribution in [1.29, 1.82) is 0 Å². The third kappa shape index (κ3) is 4.62. The second-order valence-corrected chi connectivity index (χ2v) is 6.26. The van der Waals surface area contributed by atoms with Crippen LogP contribution in [0.4, 0.5) is 0 Å². The van der Waals surface area contributed by atoms with E-state index in [0.29, 0.717) is 32.7 Å². The number of morpholine rings is 1. The standard InChI is InChI=1S/C16H24N4O3/c21-15-9-13(17-12-18-15)3-4-14-10-20(7-8-23-14)16(22)11-19-5-1-2-6-19/h9,12,14H,1-8,10-11H2,(H,17,18,21)/t14-/m0/s1.